The quantitative estimate of drug-likeness (QED) is 0.426. The monoisotopic (exact) mass is 441 g/mol. The van der Waals surface area contributed by atoms with E-state index in [-0.39, 0.29) is 35.4 Å². The van der Waals surface area contributed by atoms with Gasteiger partial charge in [-0.15, -0.1) is 0 Å². The normalized spacial score (nSPS) is 11.2. The molecule has 31 heavy (non-hydrogen) atoms. The molecule has 9 nitrogen and oxygen atoms in total. The van der Waals surface area contributed by atoms with Crippen molar-refractivity contribution in [2.45, 2.75) is 19.6 Å². The van der Waals surface area contributed by atoms with E-state index in [0.717, 1.165) is 10.1 Å². The van der Waals surface area contributed by atoms with Crippen molar-refractivity contribution in [2.75, 3.05) is 0 Å². The number of hydrogen-bond donors (Lipinski definition) is 0. The number of aromatic nitrogens is 4. The number of halogens is 1. The first-order chi connectivity index (χ1) is 14.9. The summed E-state index contributed by atoms with van der Waals surface area (Å²) in [4.78, 5) is 43.9. The zero-order chi connectivity index (χ0) is 22.1. The number of amides is 1. The van der Waals surface area contributed by atoms with Crippen LogP contribution in [0.3, 0.4) is 0 Å². The highest BCUT2D eigenvalue weighted by Gasteiger charge is 2.23. The molecular weight excluding hydrogens is 422 g/mol. The largest absolute Gasteiger partial charge is 0.467 e. The minimum atomic E-state index is -0.564. The Morgan fingerprint density at radius 1 is 1.06 bits per heavy atom. The number of carbonyl (C=O) groups excluding carboxylic acids is 1. The zero-order valence-corrected chi connectivity index (χ0v) is 17.7. The maximum absolute atomic E-state index is 13.3. The van der Waals surface area contributed by atoms with Crippen molar-refractivity contribution < 1.29 is 9.21 Å². The van der Waals surface area contributed by atoms with Crippen molar-refractivity contribution in [3.63, 3.8) is 0 Å². The molecule has 0 aliphatic rings. The summed E-state index contributed by atoms with van der Waals surface area (Å²) < 4.78 is 8.94. The van der Waals surface area contributed by atoms with Crippen LogP contribution < -0.4 is 11.2 Å². The van der Waals surface area contributed by atoms with Crippen LogP contribution in [0.25, 0.3) is 11.2 Å². The van der Waals surface area contributed by atoms with Crippen LogP contribution >= 0.6 is 11.6 Å². The molecule has 3 aromatic heterocycles. The van der Waals surface area contributed by atoms with Gasteiger partial charge in [0.15, 0.2) is 11.2 Å². The van der Waals surface area contributed by atoms with Crippen molar-refractivity contribution >= 4 is 28.7 Å². The number of furan rings is 1. The topological polar surface area (TPSA) is 95.3 Å². The lowest BCUT2D eigenvalue weighted by Crippen LogP contribution is -2.38. The average Bonchev–Trinajstić information content (AvgIpc) is 3.39. The molecule has 4 aromatic rings. The van der Waals surface area contributed by atoms with E-state index in [2.05, 4.69) is 4.98 Å². The molecule has 0 atom stereocenters. The summed E-state index contributed by atoms with van der Waals surface area (Å²) in [6.45, 7) is 0.388. The fourth-order valence-electron chi connectivity index (χ4n) is 3.43. The van der Waals surface area contributed by atoms with Gasteiger partial charge in [-0.3, -0.25) is 23.3 Å². The van der Waals surface area contributed by atoms with E-state index in [1.807, 2.05) is 30.3 Å². The molecule has 160 valence electrons. The van der Waals surface area contributed by atoms with Gasteiger partial charge < -0.3 is 9.32 Å². The van der Waals surface area contributed by atoms with Gasteiger partial charge in [-0.1, -0.05) is 30.3 Å². The second-order valence-electron chi connectivity index (χ2n) is 7.16. The van der Waals surface area contributed by atoms with Crippen LogP contribution in [0.2, 0.25) is 5.28 Å². The van der Waals surface area contributed by atoms with E-state index in [1.54, 1.807) is 23.3 Å². The minimum Gasteiger partial charge on any atom is -0.467 e. The van der Waals surface area contributed by atoms with Crippen LogP contribution in [0, 0.1) is 0 Å². The Morgan fingerprint density at radius 2 is 1.81 bits per heavy atom. The first kappa shape index (κ1) is 20.7. The SMILES string of the molecule is Cn1c(=O)c2c(nc(Cl)n2CC(=O)N(Cc2ccccc2)Cc2ccco2)n(C)c1=O. The van der Waals surface area contributed by atoms with Gasteiger partial charge in [0, 0.05) is 20.6 Å². The van der Waals surface area contributed by atoms with Crippen LogP contribution in [0.4, 0.5) is 0 Å². The smallest absolute Gasteiger partial charge is 0.332 e. The third-order valence-corrected chi connectivity index (χ3v) is 5.38. The molecule has 3 heterocycles. The molecule has 0 radical (unpaired) electrons. The predicted octanol–water partition coefficient (Wildman–Crippen LogP) is 1.91. The Labute approximate surface area is 181 Å². The van der Waals surface area contributed by atoms with Gasteiger partial charge in [0.2, 0.25) is 11.2 Å². The van der Waals surface area contributed by atoms with Gasteiger partial charge in [0.25, 0.3) is 5.56 Å². The average molecular weight is 442 g/mol. The summed E-state index contributed by atoms with van der Waals surface area (Å²) in [6.07, 6.45) is 1.55. The molecule has 1 aromatic carbocycles. The zero-order valence-electron chi connectivity index (χ0n) is 17.0. The van der Waals surface area contributed by atoms with E-state index in [9.17, 15) is 14.4 Å². The molecule has 0 N–H and O–H groups in total. The Bertz CT molecular complexity index is 1350. The van der Waals surface area contributed by atoms with Gasteiger partial charge in [-0.05, 0) is 29.3 Å². The van der Waals surface area contributed by atoms with E-state index >= 15 is 0 Å². The second kappa shape index (κ2) is 8.27. The lowest BCUT2D eigenvalue weighted by molar-refractivity contribution is -0.133. The number of rotatable bonds is 6. The number of nitrogens with zero attached hydrogens (tertiary/aromatic N) is 5. The highest BCUT2D eigenvalue weighted by atomic mass is 35.5. The molecule has 0 aliphatic heterocycles. The fourth-order valence-corrected chi connectivity index (χ4v) is 3.65. The van der Waals surface area contributed by atoms with Crippen LogP contribution in [0.15, 0.2) is 62.7 Å². The maximum Gasteiger partial charge on any atom is 0.332 e. The van der Waals surface area contributed by atoms with Crippen LogP contribution in [0.5, 0.6) is 0 Å². The van der Waals surface area contributed by atoms with Crippen LogP contribution in [-0.4, -0.2) is 29.5 Å². The minimum absolute atomic E-state index is 0.0423. The number of fused-ring (bicyclic) bond motifs is 1. The first-order valence-corrected chi connectivity index (χ1v) is 9.90. The Morgan fingerprint density at radius 3 is 2.48 bits per heavy atom. The second-order valence-corrected chi connectivity index (χ2v) is 7.50. The Balaban J connectivity index is 1.71. The number of hydrogen-bond acceptors (Lipinski definition) is 5. The van der Waals surface area contributed by atoms with E-state index in [4.69, 9.17) is 16.0 Å². The maximum atomic E-state index is 13.3. The number of benzene rings is 1. The summed E-state index contributed by atoms with van der Waals surface area (Å²) in [5.74, 6) is 0.349. The third-order valence-electron chi connectivity index (χ3n) is 5.09. The molecule has 0 unspecified atom stereocenters. The van der Waals surface area contributed by atoms with Crippen molar-refractivity contribution in [1.29, 1.82) is 0 Å². The molecule has 10 heteroatoms. The molecule has 0 bridgehead atoms. The third kappa shape index (κ3) is 3.91. The number of imidazole rings is 1. The molecule has 0 spiro atoms. The van der Waals surface area contributed by atoms with Gasteiger partial charge in [0.05, 0.1) is 12.8 Å². The Kier molecular flexibility index (Phi) is 5.51. The Hall–Kier alpha value is -3.59. The van der Waals surface area contributed by atoms with Crippen molar-refractivity contribution in [3.8, 4) is 0 Å². The molecule has 4 rings (SSSR count). The number of carbonyl (C=O) groups is 1. The molecule has 1 amide bonds. The first-order valence-electron chi connectivity index (χ1n) is 9.52. The van der Waals surface area contributed by atoms with Crippen molar-refractivity contribution in [3.05, 3.63) is 86.2 Å². The van der Waals surface area contributed by atoms with Gasteiger partial charge >= 0.3 is 5.69 Å². The molecule has 0 saturated heterocycles. The van der Waals surface area contributed by atoms with Crippen LogP contribution in [0.1, 0.15) is 11.3 Å². The highest BCUT2D eigenvalue weighted by molar-refractivity contribution is 6.29. The molecule has 0 aliphatic carbocycles. The van der Waals surface area contributed by atoms with Crippen molar-refractivity contribution in [1.82, 2.24) is 23.6 Å². The lowest BCUT2D eigenvalue weighted by Gasteiger charge is -2.22. The standard InChI is InChI=1S/C21H20ClN5O4/c1-24-18-17(19(29)25(2)21(24)30)27(20(22)23-18)13-16(28)26(12-15-9-6-10-31-15)11-14-7-4-3-5-8-14/h3-10H,11-13H2,1-2H3. The summed E-state index contributed by atoms with van der Waals surface area (Å²) in [6, 6.07) is 13.1. The van der Waals surface area contributed by atoms with Gasteiger partial charge in [0.1, 0.15) is 12.3 Å². The van der Waals surface area contributed by atoms with Crippen LogP contribution in [-0.2, 0) is 38.5 Å². The van der Waals surface area contributed by atoms with Gasteiger partial charge in [-0.25, -0.2) is 4.79 Å². The highest BCUT2D eigenvalue weighted by Crippen LogP contribution is 2.18. The summed E-state index contributed by atoms with van der Waals surface area (Å²) in [5, 5.41) is -0.0423. The molecular formula is C21H20ClN5O4. The van der Waals surface area contributed by atoms with E-state index in [1.165, 1.54) is 23.2 Å². The fraction of sp³-hybridized carbons (Fsp3) is 0.238. The predicted molar refractivity (Wildman–Crippen MR) is 115 cm³/mol. The molecule has 0 saturated carbocycles. The summed E-state index contributed by atoms with van der Waals surface area (Å²) >= 11 is 6.27. The number of aryl methyl sites for hydroxylation is 1. The van der Waals surface area contributed by atoms with Crippen molar-refractivity contribution in [2.24, 2.45) is 14.1 Å². The lowest BCUT2D eigenvalue weighted by atomic mass is 10.2. The van der Waals surface area contributed by atoms with Gasteiger partial charge in [-0.2, -0.15) is 4.98 Å². The summed E-state index contributed by atoms with van der Waals surface area (Å²) in [5.41, 5.74) is 0.0917. The van der Waals surface area contributed by atoms with E-state index < -0.39 is 11.2 Å². The van der Waals surface area contributed by atoms with E-state index in [0.29, 0.717) is 12.3 Å². The summed E-state index contributed by atoms with van der Waals surface area (Å²) in [7, 11) is 2.87. The molecule has 0 fully saturated rings.